The topological polar surface area (TPSA) is 52.3 Å². The lowest BCUT2D eigenvalue weighted by Crippen LogP contribution is -2.31. The Labute approximate surface area is 105 Å². The summed E-state index contributed by atoms with van der Waals surface area (Å²) >= 11 is 0. The zero-order valence-corrected chi connectivity index (χ0v) is 11.4. The summed E-state index contributed by atoms with van der Waals surface area (Å²) in [7, 11) is 0. The van der Waals surface area contributed by atoms with E-state index in [0.29, 0.717) is 18.3 Å². The van der Waals surface area contributed by atoms with Crippen molar-refractivity contribution in [1.29, 1.82) is 0 Å². The van der Waals surface area contributed by atoms with Crippen molar-refractivity contribution in [2.24, 2.45) is 17.6 Å². The Bertz CT molecular complexity index is 232. The summed E-state index contributed by atoms with van der Waals surface area (Å²) in [4.78, 5) is 11.7. The maximum atomic E-state index is 11.7. The molecule has 100 valence electrons. The standard InChI is InChI=1S/C14H27NO2/c1-4-5-12(15)9-14(16)17-13-7-10(2)6-11(3)8-13/h10-13H,4-9,15H2,1-3H3. The summed E-state index contributed by atoms with van der Waals surface area (Å²) < 4.78 is 5.53. The Morgan fingerprint density at radius 3 is 2.41 bits per heavy atom. The van der Waals surface area contributed by atoms with Gasteiger partial charge in [0.15, 0.2) is 0 Å². The van der Waals surface area contributed by atoms with E-state index in [9.17, 15) is 4.79 Å². The average Bonchev–Trinajstić information content (AvgIpc) is 2.14. The predicted octanol–water partition coefficient (Wildman–Crippen LogP) is 2.87. The summed E-state index contributed by atoms with van der Waals surface area (Å²) in [6.45, 7) is 6.55. The molecule has 1 aliphatic carbocycles. The molecule has 0 bridgehead atoms. The zero-order valence-electron chi connectivity index (χ0n) is 11.4. The fourth-order valence-electron chi connectivity index (χ4n) is 2.89. The molecule has 1 fully saturated rings. The molecule has 0 aromatic carbocycles. The van der Waals surface area contributed by atoms with Crippen LogP contribution < -0.4 is 5.73 Å². The maximum Gasteiger partial charge on any atom is 0.307 e. The molecule has 0 saturated heterocycles. The fourth-order valence-corrected chi connectivity index (χ4v) is 2.89. The molecular formula is C14H27NO2. The minimum absolute atomic E-state index is 0.0362. The van der Waals surface area contributed by atoms with Crippen molar-refractivity contribution in [3.05, 3.63) is 0 Å². The van der Waals surface area contributed by atoms with Gasteiger partial charge in [0.25, 0.3) is 0 Å². The van der Waals surface area contributed by atoms with Crippen molar-refractivity contribution in [3.63, 3.8) is 0 Å². The number of hydrogen-bond acceptors (Lipinski definition) is 3. The van der Waals surface area contributed by atoms with Gasteiger partial charge in [0, 0.05) is 6.04 Å². The monoisotopic (exact) mass is 241 g/mol. The second-order valence-electron chi connectivity index (χ2n) is 5.78. The van der Waals surface area contributed by atoms with Gasteiger partial charge >= 0.3 is 5.97 Å². The fraction of sp³-hybridized carbons (Fsp3) is 0.929. The van der Waals surface area contributed by atoms with Crippen molar-refractivity contribution in [1.82, 2.24) is 0 Å². The molecule has 3 heteroatoms. The molecule has 0 radical (unpaired) electrons. The number of nitrogens with two attached hydrogens (primary N) is 1. The first-order valence-electron chi connectivity index (χ1n) is 6.96. The van der Waals surface area contributed by atoms with Gasteiger partial charge in [-0.3, -0.25) is 4.79 Å². The molecule has 1 rings (SSSR count). The maximum absolute atomic E-state index is 11.7. The molecule has 0 aromatic rings. The second-order valence-corrected chi connectivity index (χ2v) is 5.78. The van der Waals surface area contributed by atoms with Crippen LogP contribution in [-0.2, 0) is 9.53 Å². The minimum atomic E-state index is -0.114. The molecule has 3 nitrogen and oxygen atoms in total. The van der Waals surface area contributed by atoms with E-state index < -0.39 is 0 Å². The van der Waals surface area contributed by atoms with Crippen molar-refractivity contribution in [3.8, 4) is 0 Å². The summed E-state index contributed by atoms with van der Waals surface area (Å²) in [5, 5.41) is 0. The van der Waals surface area contributed by atoms with Crippen molar-refractivity contribution >= 4 is 5.97 Å². The molecule has 3 atom stereocenters. The van der Waals surface area contributed by atoms with E-state index in [2.05, 4.69) is 20.8 Å². The highest BCUT2D eigenvalue weighted by Gasteiger charge is 2.26. The van der Waals surface area contributed by atoms with E-state index in [0.717, 1.165) is 25.7 Å². The molecule has 0 heterocycles. The van der Waals surface area contributed by atoms with Gasteiger partial charge < -0.3 is 10.5 Å². The van der Waals surface area contributed by atoms with Gasteiger partial charge in [-0.1, -0.05) is 27.2 Å². The molecule has 17 heavy (non-hydrogen) atoms. The van der Waals surface area contributed by atoms with Gasteiger partial charge in [-0.25, -0.2) is 0 Å². The number of ether oxygens (including phenoxy) is 1. The third-order valence-electron chi connectivity index (χ3n) is 3.52. The molecule has 0 amide bonds. The van der Waals surface area contributed by atoms with Crippen LogP contribution in [0.4, 0.5) is 0 Å². The van der Waals surface area contributed by atoms with Crippen LogP contribution >= 0.6 is 0 Å². The first-order valence-corrected chi connectivity index (χ1v) is 6.96. The molecule has 0 spiro atoms. The van der Waals surface area contributed by atoms with Crippen molar-refractivity contribution in [2.75, 3.05) is 0 Å². The van der Waals surface area contributed by atoms with Gasteiger partial charge in [-0.15, -0.1) is 0 Å². The Hall–Kier alpha value is -0.570. The Morgan fingerprint density at radius 1 is 1.29 bits per heavy atom. The molecule has 0 aromatic heterocycles. The van der Waals surface area contributed by atoms with Crippen LogP contribution in [0.1, 0.15) is 59.3 Å². The normalized spacial score (nSPS) is 30.9. The highest BCUT2D eigenvalue weighted by Crippen LogP contribution is 2.30. The van der Waals surface area contributed by atoms with E-state index in [1.165, 1.54) is 6.42 Å². The predicted molar refractivity (Wildman–Crippen MR) is 69.6 cm³/mol. The van der Waals surface area contributed by atoms with Crippen LogP contribution in [0.2, 0.25) is 0 Å². The van der Waals surface area contributed by atoms with Crippen LogP contribution in [0, 0.1) is 11.8 Å². The van der Waals surface area contributed by atoms with Gasteiger partial charge in [-0.2, -0.15) is 0 Å². The third-order valence-corrected chi connectivity index (χ3v) is 3.52. The lowest BCUT2D eigenvalue weighted by atomic mass is 9.82. The molecular weight excluding hydrogens is 214 g/mol. The largest absolute Gasteiger partial charge is 0.462 e. The average molecular weight is 241 g/mol. The summed E-state index contributed by atoms with van der Waals surface area (Å²) in [5.41, 5.74) is 5.84. The number of rotatable bonds is 5. The Morgan fingerprint density at radius 2 is 1.88 bits per heavy atom. The second kappa shape index (κ2) is 7.00. The summed E-state index contributed by atoms with van der Waals surface area (Å²) in [6, 6.07) is -0.0362. The van der Waals surface area contributed by atoms with Crippen molar-refractivity contribution in [2.45, 2.75) is 71.4 Å². The first-order chi connectivity index (χ1) is 8.01. The van der Waals surface area contributed by atoms with Gasteiger partial charge in [0.2, 0.25) is 0 Å². The van der Waals surface area contributed by atoms with E-state index in [1.807, 2.05) is 0 Å². The SMILES string of the molecule is CCCC(N)CC(=O)OC1CC(C)CC(C)C1. The van der Waals surface area contributed by atoms with Crippen LogP contribution in [0.3, 0.4) is 0 Å². The quantitative estimate of drug-likeness (QED) is 0.753. The summed E-state index contributed by atoms with van der Waals surface area (Å²) in [5.74, 6) is 1.22. The smallest absolute Gasteiger partial charge is 0.307 e. The van der Waals surface area contributed by atoms with E-state index in [4.69, 9.17) is 10.5 Å². The van der Waals surface area contributed by atoms with E-state index in [-0.39, 0.29) is 18.1 Å². The lowest BCUT2D eigenvalue weighted by Gasteiger charge is -2.31. The molecule has 1 aliphatic rings. The first kappa shape index (κ1) is 14.5. The number of carbonyl (C=O) groups is 1. The number of hydrogen-bond donors (Lipinski definition) is 1. The van der Waals surface area contributed by atoms with Gasteiger partial charge in [0.05, 0.1) is 6.42 Å². The van der Waals surface area contributed by atoms with Crippen LogP contribution in [-0.4, -0.2) is 18.1 Å². The highest BCUT2D eigenvalue weighted by molar-refractivity contribution is 5.70. The summed E-state index contributed by atoms with van der Waals surface area (Å²) in [6.07, 6.45) is 5.68. The van der Waals surface area contributed by atoms with E-state index >= 15 is 0 Å². The Balaban J connectivity index is 2.30. The van der Waals surface area contributed by atoms with Crippen LogP contribution in [0.25, 0.3) is 0 Å². The molecule has 1 saturated carbocycles. The lowest BCUT2D eigenvalue weighted by molar-refractivity contribution is -0.152. The van der Waals surface area contributed by atoms with Crippen molar-refractivity contribution < 1.29 is 9.53 Å². The zero-order chi connectivity index (χ0) is 12.8. The molecule has 2 N–H and O–H groups in total. The van der Waals surface area contributed by atoms with Gasteiger partial charge in [0.1, 0.15) is 6.10 Å². The van der Waals surface area contributed by atoms with E-state index in [1.54, 1.807) is 0 Å². The number of esters is 1. The number of carbonyl (C=O) groups excluding carboxylic acids is 1. The molecule has 3 unspecified atom stereocenters. The van der Waals surface area contributed by atoms with Gasteiger partial charge in [-0.05, 0) is 37.5 Å². The van der Waals surface area contributed by atoms with Crippen LogP contribution in [0.15, 0.2) is 0 Å². The highest BCUT2D eigenvalue weighted by atomic mass is 16.5. The minimum Gasteiger partial charge on any atom is -0.462 e. The Kier molecular flexibility index (Phi) is 5.96. The molecule has 0 aliphatic heterocycles. The van der Waals surface area contributed by atoms with Crippen LogP contribution in [0.5, 0.6) is 0 Å². The third kappa shape index (κ3) is 5.53.